The first-order valence-electron chi connectivity index (χ1n) is 9.02. The summed E-state index contributed by atoms with van der Waals surface area (Å²) >= 11 is 1.83. The highest BCUT2D eigenvalue weighted by atomic mass is 32.1. The van der Waals surface area contributed by atoms with Gasteiger partial charge in [0.1, 0.15) is 12.4 Å². The standard InChI is InChI=1S/C21H24N2OSSi/c1-26(2,3)13-12-24-15-23-11-9-18-17(8-10-22-21(18)23)20-14-16-6-4-5-7-19(16)25-20/h4-11,14H,12-13,15H2,1-3H3. The van der Waals surface area contributed by atoms with Crippen molar-refractivity contribution in [3.05, 3.63) is 54.9 Å². The second-order valence-corrected chi connectivity index (χ2v) is 14.6. The topological polar surface area (TPSA) is 27.1 Å². The fourth-order valence-electron chi connectivity index (χ4n) is 3.07. The van der Waals surface area contributed by atoms with Crippen molar-refractivity contribution in [2.24, 2.45) is 0 Å². The van der Waals surface area contributed by atoms with Gasteiger partial charge >= 0.3 is 0 Å². The zero-order valence-corrected chi connectivity index (χ0v) is 17.3. The van der Waals surface area contributed by atoms with E-state index >= 15 is 0 Å². The minimum atomic E-state index is -1.05. The van der Waals surface area contributed by atoms with Gasteiger partial charge in [-0.3, -0.25) is 0 Å². The number of aromatic nitrogens is 2. The SMILES string of the molecule is C[Si](C)(C)CCOCn1ccc2c(-c3cc4ccccc4s3)ccnc21. The average Bonchev–Trinajstić information content (AvgIpc) is 3.21. The lowest BCUT2D eigenvalue weighted by atomic mass is 10.1. The molecule has 4 rings (SSSR count). The van der Waals surface area contributed by atoms with Crippen LogP contribution in [0.4, 0.5) is 0 Å². The Morgan fingerprint density at radius 1 is 1.12 bits per heavy atom. The molecular formula is C21H24N2OSSi. The fraction of sp³-hybridized carbons (Fsp3) is 0.286. The number of pyridine rings is 1. The molecule has 0 aliphatic heterocycles. The maximum atomic E-state index is 5.92. The summed E-state index contributed by atoms with van der Waals surface area (Å²) in [4.78, 5) is 5.89. The Labute approximate surface area is 159 Å². The molecule has 0 saturated heterocycles. The average molecular weight is 381 g/mol. The van der Waals surface area contributed by atoms with Gasteiger partial charge in [-0.05, 0) is 35.7 Å². The number of hydrogen-bond acceptors (Lipinski definition) is 3. The van der Waals surface area contributed by atoms with Crippen LogP contribution < -0.4 is 0 Å². The zero-order valence-electron chi connectivity index (χ0n) is 15.5. The summed E-state index contributed by atoms with van der Waals surface area (Å²) in [7, 11) is -1.05. The maximum Gasteiger partial charge on any atom is 0.142 e. The lowest BCUT2D eigenvalue weighted by Gasteiger charge is -2.15. The molecular weight excluding hydrogens is 356 g/mol. The first kappa shape index (κ1) is 17.5. The van der Waals surface area contributed by atoms with Gasteiger partial charge in [0, 0.05) is 47.6 Å². The Balaban J connectivity index is 1.61. The normalized spacial score (nSPS) is 12.3. The molecule has 0 bridgehead atoms. The molecule has 3 aromatic heterocycles. The van der Waals surface area contributed by atoms with E-state index in [2.05, 4.69) is 77.9 Å². The van der Waals surface area contributed by atoms with Crippen LogP contribution in [-0.4, -0.2) is 24.2 Å². The van der Waals surface area contributed by atoms with E-state index in [0.717, 1.165) is 12.3 Å². The zero-order chi connectivity index (χ0) is 18.1. The number of hydrogen-bond donors (Lipinski definition) is 0. The Bertz CT molecular complexity index is 1010. The van der Waals surface area contributed by atoms with E-state index < -0.39 is 8.07 Å². The number of rotatable bonds is 6. The molecule has 0 amide bonds. The minimum Gasteiger partial charge on any atom is -0.361 e. The van der Waals surface area contributed by atoms with Gasteiger partial charge in [-0.1, -0.05) is 37.8 Å². The highest BCUT2D eigenvalue weighted by Crippen LogP contribution is 2.36. The minimum absolute atomic E-state index is 0.566. The van der Waals surface area contributed by atoms with Gasteiger partial charge in [0.15, 0.2) is 0 Å². The van der Waals surface area contributed by atoms with E-state index in [-0.39, 0.29) is 0 Å². The molecule has 0 aliphatic rings. The lowest BCUT2D eigenvalue weighted by molar-refractivity contribution is 0.0899. The summed E-state index contributed by atoms with van der Waals surface area (Å²) in [5.41, 5.74) is 2.24. The van der Waals surface area contributed by atoms with E-state index in [9.17, 15) is 0 Å². The molecule has 134 valence electrons. The third kappa shape index (κ3) is 3.61. The molecule has 5 heteroatoms. The predicted octanol–water partition coefficient (Wildman–Crippen LogP) is 6.23. The Morgan fingerprint density at radius 2 is 1.96 bits per heavy atom. The van der Waals surface area contributed by atoms with Crippen molar-refractivity contribution in [2.75, 3.05) is 6.61 Å². The molecule has 0 aliphatic carbocycles. The Morgan fingerprint density at radius 3 is 2.77 bits per heavy atom. The van der Waals surface area contributed by atoms with Crippen LogP contribution in [0.1, 0.15) is 0 Å². The number of ether oxygens (including phenoxy) is 1. The van der Waals surface area contributed by atoms with Gasteiger partial charge < -0.3 is 9.30 Å². The second-order valence-electron chi connectivity index (χ2n) is 7.88. The van der Waals surface area contributed by atoms with Crippen LogP contribution in [0, 0.1) is 0 Å². The van der Waals surface area contributed by atoms with Crippen LogP contribution in [0.5, 0.6) is 0 Å². The highest BCUT2D eigenvalue weighted by Gasteiger charge is 2.13. The molecule has 1 aromatic carbocycles. The first-order valence-corrected chi connectivity index (χ1v) is 13.5. The fourth-order valence-corrected chi connectivity index (χ4v) is 4.92. The molecule has 4 aromatic rings. The van der Waals surface area contributed by atoms with Gasteiger partial charge in [0.2, 0.25) is 0 Å². The van der Waals surface area contributed by atoms with Crippen molar-refractivity contribution in [1.29, 1.82) is 0 Å². The predicted molar refractivity (Wildman–Crippen MR) is 115 cm³/mol. The Hall–Kier alpha value is -1.95. The van der Waals surface area contributed by atoms with Crippen molar-refractivity contribution in [3.8, 4) is 10.4 Å². The Kier molecular flexibility index (Phi) is 4.69. The monoisotopic (exact) mass is 380 g/mol. The maximum absolute atomic E-state index is 5.92. The largest absolute Gasteiger partial charge is 0.361 e. The number of nitrogens with zero attached hydrogens (tertiary/aromatic N) is 2. The summed E-state index contributed by atoms with van der Waals surface area (Å²) in [6.07, 6.45) is 3.99. The summed E-state index contributed by atoms with van der Waals surface area (Å²) in [6, 6.07) is 16.3. The van der Waals surface area contributed by atoms with Gasteiger partial charge in [-0.15, -0.1) is 11.3 Å². The number of fused-ring (bicyclic) bond motifs is 2. The number of benzene rings is 1. The van der Waals surface area contributed by atoms with E-state index in [1.165, 1.54) is 32.0 Å². The molecule has 3 nitrogen and oxygen atoms in total. The highest BCUT2D eigenvalue weighted by molar-refractivity contribution is 7.22. The van der Waals surface area contributed by atoms with Crippen molar-refractivity contribution >= 4 is 40.5 Å². The van der Waals surface area contributed by atoms with Crippen LogP contribution in [0.3, 0.4) is 0 Å². The summed E-state index contributed by atoms with van der Waals surface area (Å²) < 4.78 is 9.34. The van der Waals surface area contributed by atoms with E-state index in [4.69, 9.17) is 4.74 Å². The molecule has 0 unspecified atom stereocenters. The second kappa shape index (κ2) is 6.99. The molecule has 0 radical (unpaired) electrons. The smallest absolute Gasteiger partial charge is 0.142 e. The van der Waals surface area contributed by atoms with Crippen molar-refractivity contribution in [1.82, 2.24) is 9.55 Å². The van der Waals surface area contributed by atoms with Gasteiger partial charge in [-0.2, -0.15) is 0 Å². The molecule has 0 saturated carbocycles. The van der Waals surface area contributed by atoms with Crippen LogP contribution in [0.2, 0.25) is 25.7 Å². The van der Waals surface area contributed by atoms with Crippen LogP contribution in [0.25, 0.3) is 31.6 Å². The van der Waals surface area contributed by atoms with Crippen LogP contribution in [-0.2, 0) is 11.5 Å². The van der Waals surface area contributed by atoms with E-state index in [0.29, 0.717) is 6.73 Å². The molecule has 3 heterocycles. The molecule has 0 N–H and O–H groups in total. The number of thiophene rings is 1. The third-order valence-corrected chi connectivity index (χ3v) is 7.43. The molecule has 26 heavy (non-hydrogen) atoms. The molecule has 0 atom stereocenters. The van der Waals surface area contributed by atoms with Gasteiger partial charge in [0.05, 0.1) is 0 Å². The third-order valence-electron chi connectivity index (χ3n) is 4.58. The van der Waals surface area contributed by atoms with Gasteiger partial charge in [-0.25, -0.2) is 4.98 Å². The summed E-state index contributed by atoms with van der Waals surface area (Å²) in [6.45, 7) is 8.52. The van der Waals surface area contributed by atoms with Crippen molar-refractivity contribution in [3.63, 3.8) is 0 Å². The van der Waals surface area contributed by atoms with E-state index in [1.807, 2.05) is 17.5 Å². The molecule has 0 spiro atoms. The first-order chi connectivity index (χ1) is 12.5. The van der Waals surface area contributed by atoms with Crippen LogP contribution in [0.15, 0.2) is 54.9 Å². The van der Waals surface area contributed by atoms with Gasteiger partial charge in [0.25, 0.3) is 0 Å². The van der Waals surface area contributed by atoms with Crippen molar-refractivity contribution < 1.29 is 4.74 Å². The summed E-state index contributed by atoms with van der Waals surface area (Å²) in [5, 5.41) is 2.49. The lowest BCUT2D eigenvalue weighted by Crippen LogP contribution is -2.22. The van der Waals surface area contributed by atoms with Crippen LogP contribution >= 0.6 is 11.3 Å². The quantitative estimate of drug-likeness (QED) is 0.293. The van der Waals surface area contributed by atoms with E-state index in [1.54, 1.807) is 0 Å². The molecule has 0 fully saturated rings. The van der Waals surface area contributed by atoms with Crippen molar-refractivity contribution in [2.45, 2.75) is 32.4 Å². The summed E-state index contributed by atoms with van der Waals surface area (Å²) in [5.74, 6) is 0.